The number of benzene rings is 1. The molecule has 120 valence electrons. The van der Waals surface area contributed by atoms with Crippen LogP contribution in [-0.4, -0.2) is 21.0 Å². The molecule has 0 unspecified atom stereocenters. The van der Waals surface area contributed by atoms with Gasteiger partial charge in [0.1, 0.15) is 0 Å². The molecule has 5 nitrogen and oxygen atoms in total. The molecule has 1 aromatic heterocycles. The molecule has 2 aromatic rings. The fourth-order valence-corrected chi connectivity index (χ4v) is 3.22. The summed E-state index contributed by atoms with van der Waals surface area (Å²) in [6.07, 6.45) is 7.43. The minimum absolute atomic E-state index is 0.0564. The highest BCUT2D eigenvalue weighted by atomic mass is 32.1. The van der Waals surface area contributed by atoms with Crippen molar-refractivity contribution in [2.75, 3.05) is 5.32 Å². The number of aromatic nitrogens is 1. The first-order chi connectivity index (χ1) is 11.5. The van der Waals surface area contributed by atoms with Gasteiger partial charge in [-0.15, -0.1) is 0 Å². The van der Waals surface area contributed by atoms with Crippen LogP contribution in [0.25, 0.3) is 0 Å². The number of nitrogens with one attached hydrogen (secondary N) is 1. The van der Waals surface area contributed by atoms with Crippen molar-refractivity contribution in [3.8, 4) is 6.07 Å². The molecule has 3 rings (SSSR count). The second-order valence-electron chi connectivity index (χ2n) is 5.53. The van der Waals surface area contributed by atoms with Crippen molar-refractivity contribution in [2.24, 2.45) is 0 Å². The lowest BCUT2D eigenvalue weighted by Crippen LogP contribution is -2.34. The molecule has 0 saturated carbocycles. The molecule has 1 aliphatic rings. The molecule has 6 heteroatoms. The van der Waals surface area contributed by atoms with Crippen LogP contribution in [-0.2, 0) is 0 Å². The van der Waals surface area contributed by atoms with Gasteiger partial charge in [0.05, 0.1) is 11.8 Å². The Bertz CT molecular complexity index is 848. The quantitative estimate of drug-likeness (QED) is 0.830. The van der Waals surface area contributed by atoms with E-state index < -0.39 is 11.5 Å². The average molecular weight is 337 g/mol. The molecule has 0 fully saturated rings. The van der Waals surface area contributed by atoms with Gasteiger partial charge in [-0.2, -0.15) is 9.64 Å². The monoisotopic (exact) mass is 337 g/mol. The maximum atomic E-state index is 11.3. The Labute approximate surface area is 143 Å². The lowest BCUT2D eigenvalue weighted by atomic mass is 9.87. The summed E-state index contributed by atoms with van der Waals surface area (Å²) in [5, 5.41) is 21.9. The van der Waals surface area contributed by atoms with Gasteiger partial charge in [-0.05, 0) is 36.2 Å². The highest BCUT2D eigenvalue weighted by molar-refractivity contribution is 7.06. The molecule has 0 radical (unpaired) electrons. The average Bonchev–Trinajstić information content (AvgIpc) is 2.97. The number of hydrogen-bond donors (Lipinski definition) is 2. The second-order valence-corrected chi connectivity index (χ2v) is 6.51. The van der Waals surface area contributed by atoms with Crippen LogP contribution in [0, 0.1) is 18.3 Å². The van der Waals surface area contributed by atoms with E-state index in [1.54, 1.807) is 19.1 Å². The molecule has 0 saturated heterocycles. The molecule has 0 spiro atoms. The van der Waals surface area contributed by atoms with Crippen molar-refractivity contribution in [3.63, 3.8) is 0 Å². The molecule has 2 N–H and O–H groups in total. The summed E-state index contributed by atoms with van der Waals surface area (Å²) < 4.78 is 3.93. The maximum absolute atomic E-state index is 11.3. The van der Waals surface area contributed by atoms with E-state index >= 15 is 0 Å². The van der Waals surface area contributed by atoms with Crippen molar-refractivity contribution in [3.05, 3.63) is 70.8 Å². The van der Waals surface area contributed by atoms with Gasteiger partial charge in [0, 0.05) is 10.8 Å². The molecule has 24 heavy (non-hydrogen) atoms. The van der Waals surface area contributed by atoms with Crippen LogP contribution < -0.4 is 5.32 Å². The Morgan fingerprint density at radius 3 is 2.58 bits per heavy atom. The van der Waals surface area contributed by atoms with Gasteiger partial charge in [-0.25, -0.2) is 4.79 Å². The van der Waals surface area contributed by atoms with Gasteiger partial charge in [-0.1, -0.05) is 42.5 Å². The third-order valence-electron chi connectivity index (χ3n) is 3.90. The molecular formula is C18H15N3O2S. The second kappa shape index (κ2) is 6.30. The fraction of sp³-hybridized carbons (Fsp3) is 0.167. The summed E-state index contributed by atoms with van der Waals surface area (Å²) in [6.45, 7) is 1.78. The largest absolute Gasteiger partial charge is 0.476 e. The van der Waals surface area contributed by atoms with Crippen LogP contribution in [0.15, 0.2) is 54.6 Å². The standard InChI is InChI=1S/C18H15N3O2S/c1-12-15(16(17(22)23)21-24-12)20-18(11-19)9-7-14(8-10-18)13-5-3-2-4-6-13/h2-10,14,20H,1H3,(H,22,23). The summed E-state index contributed by atoms with van der Waals surface area (Å²) in [5.41, 5.74) is 0.389. The molecule has 1 aliphatic carbocycles. The Kier molecular flexibility index (Phi) is 4.19. The van der Waals surface area contributed by atoms with E-state index in [0.29, 0.717) is 5.69 Å². The SMILES string of the molecule is Cc1snc(C(=O)O)c1NC1(C#N)C=CC(c2ccccc2)C=C1. The van der Waals surface area contributed by atoms with Gasteiger partial charge >= 0.3 is 5.97 Å². The molecule has 0 bridgehead atoms. The topological polar surface area (TPSA) is 86.0 Å². The number of carboxylic acids is 1. The summed E-state index contributed by atoms with van der Waals surface area (Å²) in [4.78, 5) is 12.0. The number of rotatable bonds is 4. The highest BCUT2D eigenvalue weighted by Gasteiger charge is 2.30. The first-order valence-corrected chi connectivity index (χ1v) is 8.15. The first kappa shape index (κ1) is 16.0. The van der Waals surface area contributed by atoms with Gasteiger partial charge in [0.15, 0.2) is 11.2 Å². The van der Waals surface area contributed by atoms with Crippen LogP contribution in [0.3, 0.4) is 0 Å². The van der Waals surface area contributed by atoms with Gasteiger partial charge in [0.2, 0.25) is 0 Å². The van der Waals surface area contributed by atoms with Crippen LogP contribution in [0.1, 0.15) is 26.8 Å². The lowest BCUT2D eigenvalue weighted by molar-refractivity contribution is 0.0693. The van der Waals surface area contributed by atoms with Crippen LogP contribution in [0.2, 0.25) is 0 Å². The normalized spacial score (nSPS) is 22.1. The highest BCUT2D eigenvalue weighted by Crippen LogP contribution is 2.32. The van der Waals surface area contributed by atoms with E-state index in [1.165, 1.54) is 0 Å². The lowest BCUT2D eigenvalue weighted by Gasteiger charge is -2.26. The number of hydrogen-bond acceptors (Lipinski definition) is 5. The van der Waals surface area contributed by atoms with Gasteiger partial charge < -0.3 is 10.4 Å². The van der Waals surface area contributed by atoms with Gasteiger partial charge in [0.25, 0.3) is 0 Å². The number of aryl methyl sites for hydroxylation is 1. The van der Waals surface area contributed by atoms with Crippen LogP contribution >= 0.6 is 11.5 Å². The number of anilines is 1. The molecule has 0 aliphatic heterocycles. The number of nitriles is 1. The number of aromatic carboxylic acids is 1. The van der Waals surface area contributed by atoms with E-state index in [1.807, 2.05) is 42.5 Å². The predicted molar refractivity (Wildman–Crippen MR) is 93.2 cm³/mol. The Morgan fingerprint density at radius 2 is 2.00 bits per heavy atom. The van der Waals surface area contributed by atoms with E-state index in [0.717, 1.165) is 22.0 Å². The van der Waals surface area contributed by atoms with Crippen molar-refractivity contribution in [1.82, 2.24) is 4.37 Å². The molecule has 1 heterocycles. The zero-order valence-corrected chi connectivity index (χ0v) is 13.7. The summed E-state index contributed by atoms with van der Waals surface area (Å²) in [5.74, 6) is -1.02. The Balaban J connectivity index is 1.88. The van der Waals surface area contributed by atoms with Crippen LogP contribution in [0.4, 0.5) is 5.69 Å². The molecule has 0 atom stereocenters. The van der Waals surface area contributed by atoms with Crippen LogP contribution in [0.5, 0.6) is 0 Å². The zero-order chi connectivity index (χ0) is 17.2. The van der Waals surface area contributed by atoms with Gasteiger partial charge in [-0.3, -0.25) is 0 Å². The minimum atomic E-state index is -1.11. The van der Waals surface area contributed by atoms with Crippen molar-refractivity contribution in [1.29, 1.82) is 5.26 Å². The van der Waals surface area contributed by atoms with E-state index in [-0.39, 0.29) is 11.6 Å². The van der Waals surface area contributed by atoms with Crippen molar-refractivity contribution in [2.45, 2.75) is 18.4 Å². The van der Waals surface area contributed by atoms with E-state index in [2.05, 4.69) is 15.8 Å². The molecule has 1 aromatic carbocycles. The summed E-state index contributed by atoms with van der Waals surface area (Å²) in [7, 11) is 0. The first-order valence-electron chi connectivity index (χ1n) is 7.37. The molecule has 0 amide bonds. The third-order valence-corrected chi connectivity index (χ3v) is 4.65. The summed E-state index contributed by atoms with van der Waals surface area (Å²) >= 11 is 1.10. The Morgan fingerprint density at radius 1 is 1.33 bits per heavy atom. The zero-order valence-electron chi connectivity index (χ0n) is 12.9. The van der Waals surface area contributed by atoms with Crippen molar-refractivity contribution >= 4 is 23.2 Å². The van der Waals surface area contributed by atoms with Crippen molar-refractivity contribution < 1.29 is 9.90 Å². The predicted octanol–water partition coefficient (Wildman–Crippen LogP) is 3.73. The smallest absolute Gasteiger partial charge is 0.357 e. The third kappa shape index (κ3) is 2.94. The maximum Gasteiger partial charge on any atom is 0.357 e. The molecular weight excluding hydrogens is 322 g/mol. The number of allylic oxidation sites excluding steroid dienone is 2. The number of carbonyl (C=O) groups is 1. The Hall–Kier alpha value is -2.91. The van der Waals surface area contributed by atoms with E-state index in [4.69, 9.17) is 0 Å². The minimum Gasteiger partial charge on any atom is -0.476 e. The number of nitrogens with zero attached hydrogens (tertiary/aromatic N) is 2. The fourth-order valence-electron chi connectivity index (χ4n) is 2.59. The number of carboxylic acid groups (broad SMARTS) is 1. The summed E-state index contributed by atoms with van der Waals surface area (Å²) in [6, 6.07) is 12.2. The van der Waals surface area contributed by atoms with E-state index in [9.17, 15) is 15.2 Å².